The van der Waals surface area contributed by atoms with Gasteiger partial charge in [-0.25, -0.2) is 9.79 Å². The van der Waals surface area contributed by atoms with E-state index in [4.69, 9.17) is 14.2 Å². The second kappa shape index (κ2) is 11.9. The molecule has 1 aliphatic heterocycles. The van der Waals surface area contributed by atoms with Gasteiger partial charge in [0.25, 0.3) is 5.56 Å². The first-order valence-corrected chi connectivity index (χ1v) is 14.3. The fraction of sp³-hybridized carbons (Fsp3) is 0.375. The van der Waals surface area contributed by atoms with Gasteiger partial charge >= 0.3 is 11.9 Å². The van der Waals surface area contributed by atoms with Crippen LogP contribution in [0.2, 0.25) is 0 Å². The van der Waals surface area contributed by atoms with Gasteiger partial charge in [0, 0.05) is 6.92 Å². The molecule has 1 aromatic heterocycles. The molecule has 3 aromatic rings. The Bertz CT molecular complexity index is 1690. The summed E-state index contributed by atoms with van der Waals surface area (Å²) >= 11 is 1.26. The largest absolute Gasteiger partial charge is 0.493 e. The Balaban J connectivity index is 1.89. The molecule has 4 rings (SSSR count). The van der Waals surface area contributed by atoms with Crippen molar-refractivity contribution in [2.24, 2.45) is 10.9 Å². The van der Waals surface area contributed by atoms with Crippen LogP contribution in [-0.4, -0.2) is 30.2 Å². The molecule has 1 atom stereocenters. The maximum atomic E-state index is 13.9. The summed E-state index contributed by atoms with van der Waals surface area (Å²) in [4.78, 5) is 44.1. The van der Waals surface area contributed by atoms with Crippen molar-refractivity contribution in [2.45, 2.75) is 59.9 Å². The quantitative estimate of drug-likeness (QED) is 0.300. The molecule has 0 radical (unpaired) electrons. The number of methoxy groups -OCH3 is 1. The molecular weight excluding hydrogens is 540 g/mol. The number of rotatable bonds is 7. The molecule has 0 fully saturated rings. The number of esters is 2. The maximum Gasteiger partial charge on any atom is 0.338 e. The monoisotopic (exact) mass is 576 g/mol. The van der Waals surface area contributed by atoms with Crippen LogP contribution in [-0.2, 0) is 19.7 Å². The van der Waals surface area contributed by atoms with Crippen molar-refractivity contribution in [1.82, 2.24) is 4.57 Å². The average Bonchev–Trinajstić information content (AvgIpc) is 3.20. The molecule has 0 amide bonds. The highest BCUT2D eigenvalue weighted by Gasteiger charge is 2.34. The number of nitrogens with zero attached hydrogens (tertiary/aromatic N) is 2. The van der Waals surface area contributed by atoms with E-state index in [1.54, 1.807) is 25.1 Å². The third kappa shape index (κ3) is 6.51. The summed E-state index contributed by atoms with van der Waals surface area (Å²) in [6, 6.07) is 12.3. The Morgan fingerprint density at radius 1 is 1.10 bits per heavy atom. The second-order valence-corrected chi connectivity index (χ2v) is 12.5. The lowest BCUT2D eigenvalue weighted by Gasteiger charge is -2.25. The van der Waals surface area contributed by atoms with Crippen LogP contribution in [0.1, 0.15) is 71.2 Å². The van der Waals surface area contributed by atoms with E-state index in [1.807, 2.05) is 32.1 Å². The molecule has 41 heavy (non-hydrogen) atoms. The number of aromatic nitrogens is 1. The third-order valence-corrected chi connectivity index (χ3v) is 7.60. The van der Waals surface area contributed by atoms with Crippen LogP contribution in [0.3, 0.4) is 0 Å². The van der Waals surface area contributed by atoms with E-state index in [-0.39, 0.29) is 34.8 Å². The lowest BCUT2D eigenvalue weighted by Crippen LogP contribution is -2.40. The molecular formula is C32H36N2O6S. The van der Waals surface area contributed by atoms with Crippen LogP contribution in [0.4, 0.5) is 0 Å². The standard InChI is InChI=1S/C32H36N2O6S/c1-18(2)17-39-30(37)27-19(3)33-31-34(28(27)22-11-14-24(40-20(4)35)25(16-22)38-8)29(36)26(41-31)15-21-9-12-23(13-10-21)32(5,6)7/h9-16,18,28H,17H2,1-8H3/b26-15-/t28-/m1/s1. The summed E-state index contributed by atoms with van der Waals surface area (Å²) in [7, 11) is 1.46. The van der Waals surface area contributed by atoms with Crippen molar-refractivity contribution in [2.75, 3.05) is 13.7 Å². The molecule has 0 unspecified atom stereocenters. The zero-order valence-electron chi connectivity index (χ0n) is 24.7. The molecule has 216 valence electrons. The molecule has 0 bridgehead atoms. The van der Waals surface area contributed by atoms with Crippen molar-refractivity contribution in [3.63, 3.8) is 0 Å². The van der Waals surface area contributed by atoms with E-state index in [2.05, 4.69) is 37.9 Å². The number of benzene rings is 2. The molecule has 1 aliphatic rings. The van der Waals surface area contributed by atoms with E-state index >= 15 is 0 Å². The zero-order valence-corrected chi connectivity index (χ0v) is 25.5. The van der Waals surface area contributed by atoms with Gasteiger partial charge in [0.1, 0.15) is 0 Å². The van der Waals surface area contributed by atoms with Gasteiger partial charge in [-0.15, -0.1) is 0 Å². The topological polar surface area (TPSA) is 96.2 Å². The number of thiazole rings is 1. The number of fused-ring (bicyclic) bond motifs is 1. The van der Waals surface area contributed by atoms with Gasteiger partial charge in [0.2, 0.25) is 0 Å². The van der Waals surface area contributed by atoms with Crippen LogP contribution in [0.15, 0.2) is 63.5 Å². The fourth-order valence-electron chi connectivity index (χ4n) is 4.54. The van der Waals surface area contributed by atoms with E-state index < -0.39 is 18.0 Å². The smallest absolute Gasteiger partial charge is 0.338 e. The Kier molecular flexibility index (Phi) is 8.68. The Labute approximate surface area is 243 Å². The zero-order chi connectivity index (χ0) is 30.1. The van der Waals surface area contributed by atoms with Crippen molar-refractivity contribution >= 4 is 29.4 Å². The molecule has 2 aromatic carbocycles. The summed E-state index contributed by atoms with van der Waals surface area (Å²) < 4.78 is 18.4. The summed E-state index contributed by atoms with van der Waals surface area (Å²) in [5.74, 6) is -0.372. The van der Waals surface area contributed by atoms with Crippen molar-refractivity contribution in [3.05, 3.63) is 90.1 Å². The lowest BCUT2D eigenvalue weighted by molar-refractivity contribution is -0.140. The van der Waals surface area contributed by atoms with Crippen molar-refractivity contribution in [3.8, 4) is 11.5 Å². The molecule has 0 saturated heterocycles. The third-order valence-electron chi connectivity index (χ3n) is 6.62. The molecule has 0 spiro atoms. The second-order valence-electron chi connectivity index (χ2n) is 11.5. The predicted octanol–water partition coefficient (Wildman–Crippen LogP) is 4.67. The minimum absolute atomic E-state index is 0.0159. The normalized spacial score (nSPS) is 15.4. The summed E-state index contributed by atoms with van der Waals surface area (Å²) in [6.07, 6.45) is 1.84. The first-order chi connectivity index (χ1) is 19.3. The number of carbonyl (C=O) groups is 2. The van der Waals surface area contributed by atoms with Gasteiger partial charge in [0.05, 0.1) is 35.6 Å². The van der Waals surface area contributed by atoms with Gasteiger partial charge in [-0.2, -0.15) is 0 Å². The summed E-state index contributed by atoms with van der Waals surface area (Å²) in [6.45, 7) is 13.6. The van der Waals surface area contributed by atoms with Crippen LogP contribution < -0.4 is 24.4 Å². The van der Waals surface area contributed by atoms with Gasteiger partial charge in [0.15, 0.2) is 16.3 Å². The minimum atomic E-state index is -0.823. The van der Waals surface area contributed by atoms with Crippen LogP contribution in [0.25, 0.3) is 6.08 Å². The molecule has 9 heteroatoms. The highest BCUT2D eigenvalue weighted by atomic mass is 32.1. The van der Waals surface area contributed by atoms with E-state index in [0.29, 0.717) is 26.3 Å². The minimum Gasteiger partial charge on any atom is -0.493 e. The average molecular weight is 577 g/mol. The SMILES string of the molecule is COc1cc([C@@H]2C(C(=O)OCC(C)C)=C(C)N=c3s/c(=C\c4ccc(C(C)(C)C)cc4)c(=O)n32)ccc1OC(C)=O. The van der Waals surface area contributed by atoms with Gasteiger partial charge in [-0.1, -0.05) is 76.3 Å². The van der Waals surface area contributed by atoms with E-state index in [9.17, 15) is 14.4 Å². The first kappa shape index (κ1) is 30.0. The molecule has 8 nitrogen and oxygen atoms in total. The Morgan fingerprint density at radius 2 is 1.78 bits per heavy atom. The highest BCUT2D eigenvalue weighted by molar-refractivity contribution is 7.07. The summed E-state index contributed by atoms with van der Waals surface area (Å²) in [5.41, 5.74) is 3.15. The maximum absolute atomic E-state index is 13.9. The van der Waals surface area contributed by atoms with Crippen LogP contribution >= 0.6 is 11.3 Å². The lowest BCUT2D eigenvalue weighted by atomic mass is 9.87. The number of ether oxygens (including phenoxy) is 3. The number of carbonyl (C=O) groups excluding carboxylic acids is 2. The van der Waals surface area contributed by atoms with Crippen LogP contribution in [0.5, 0.6) is 11.5 Å². The predicted molar refractivity (Wildman–Crippen MR) is 159 cm³/mol. The van der Waals surface area contributed by atoms with Gasteiger partial charge in [-0.3, -0.25) is 14.2 Å². The Hall–Kier alpha value is -3.98. The van der Waals surface area contributed by atoms with Gasteiger partial charge in [-0.05, 0) is 53.2 Å². The fourth-order valence-corrected chi connectivity index (χ4v) is 5.59. The van der Waals surface area contributed by atoms with Crippen molar-refractivity contribution < 1.29 is 23.8 Å². The molecule has 0 N–H and O–H groups in total. The van der Waals surface area contributed by atoms with E-state index in [0.717, 1.165) is 5.56 Å². The van der Waals surface area contributed by atoms with Gasteiger partial charge < -0.3 is 14.2 Å². The summed E-state index contributed by atoms with van der Waals surface area (Å²) in [5, 5.41) is 0. The van der Waals surface area contributed by atoms with Crippen LogP contribution in [0, 0.1) is 5.92 Å². The van der Waals surface area contributed by atoms with E-state index in [1.165, 1.54) is 35.5 Å². The number of hydrogen-bond donors (Lipinski definition) is 0. The Morgan fingerprint density at radius 3 is 2.37 bits per heavy atom. The molecule has 0 saturated carbocycles. The molecule has 0 aliphatic carbocycles. The number of hydrogen-bond acceptors (Lipinski definition) is 8. The van der Waals surface area contributed by atoms with Crippen molar-refractivity contribution in [1.29, 1.82) is 0 Å². The number of allylic oxidation sites excluding steroid dienone is 1. The molecule has 2 heterocycles. The highest BCUT2D eigenvalue weighted by Crippen LogP contribution is 2.36. The first-order valence-electron chi connectivity index (χ1n) is 13.5.